The van der Waals surface area contributed by atoms with Crippen molar-refractivity contribution in [3.8, 4) is 23.4 Å². The number of hydrogen-bond donors (Lipinski definition) is 1. The van der Waals surface area contributed by atoms with Crippen LogP contribution in [0.1, 0.15) is 22.7 Å². The molecule has 1 atom stereocenters. The normalized spacial score (nSPS) is 15.6. The van der Waals surface area contributed by atoms with Gasteiger partial charge >= 0.3 is 0 Å². The van der Waals surface area contributed by atoms with Gasteiger partial charge in [-0.3, -0.25) is 0 Å². The lowest BCUT2D eigenvalue weighted by molar-refractivity contribution is 0.364. The van der Waals surface area contributed by atoms with Crippen molar-refractivity contribution in [3.05, 3.63) is 81.3 Å². The summed E-state index contributed by atoms with van der Waals surface area (Å²) in [6.45, 7) is 1.90. The minimum atomic E-state index is -0.446. The van der Waals surface area contributed by atoms with Gasteiger partial charge in [-0.25, -0.2) is 4.68 Å². The van der Waals surface area contributed by atoms with Crippen molar-refractivity contribution in [3.63, 3.8) is 0 Å². The van der Waals surface area contributed by atoms with E-state index < -0.39 is 5.92 Å². The molecular weight excluding hydrogens is 420 g/mol. The summed E-state index contributed by atoms with van der Waals surface area (Å²) in [4.78, 5) is 0. The Morgan fingerprint density at radius 3 is 2.68 bits per heavy atom. The zero-order valence-electron chi connectivity index (χ0n) is 15.3. The minimum absolute atomic E-state index is 0.0686. The summed E-state index contributed by atoms with van der Waals surface area (Å²) in [6, 6.07) is 17.6. The highest BCUT2D eigenvalue weighted by Crippen LogP contribution is 2.47. The zero-order chi connectivity index (χ0) is 19.8. The average Bonchev–Trinajstić information content (AvgIpc) is 3.03. The van der Waals surface area contributed by atoms with Gasteiger partial charge in [0.2, 0.25) is 11.8 Å². The molecule has 140 valence electrons. The first-order valence-corrected chi connectivity index (χ1v) is 9.40. The van der Waals surface area contributed by atoms with Crippen LogP contribution < -0.4 is 15.2 Å². The summed E-state index contributed by atoms with van der Waals surface area (Å²) in [7, 11) is 1.60. The second-order valence-electron chi connectivity index (χ2n) is 6.36. The number of rotatable bonds is 3. The van der Waals surface area contributed by atoms with Crippen LogP contribution in [-0.2, 0) is 0 Å². The first-order chi connectivity index (χ1) is 13.5. The predicted molar refractivity (Wildman–Crippen MR) is 108 cm³/mol. The lowest BCUT2D eigenvalue weighted by Gasteiger charge is -2.26. The largest absolute Gasteiger partial charge is 0.496 e. The molecule has 6 nitrogen and oxygen atoms in total. The van der Waals surface area contributed by atoms with E-state index in [1.807, 2.05) is 55.5 Å². The Kier molecular flexibility index (Phi) is 4.57. The van der Waals surface area contributed by atoms with E-state index >= 15 is 0 Å². The fraction of sp³-hybridized carbons (Fsp3) is 0.143. The monoisotopic (exact) mass is 436 g/mol. The van der Waals surface area contributed by atoms with Crippen LogP contribution in [0.2, 0.25) is 0 Å². The number of nitriles is 1. The van der Waals surface area contributed by atoms with E-state index in [-0.39, 0.29) is 5.88 Å². The van der Waals surface area contributed by atoms with E-state index in [4.69, 9.17) is 15.2 Å². The van der Waals surface area contributed by atoms with Gasteiger partial charge in [0.05, 0.1) is 30.0 Å². The number of nitrogens with two attached hydrogens (primary N) is 1. The van der Waals surface area contributed by atoms with E-state index in [1.54, 1.807) is 11.8 Å². The average molecular weight is 437 g/mol. The number of aromatic nitrogens is 2. The number of methoxy groups -OCH3 is 1. The number of nitrogens with zero attached hydrogens (tertiary/aromatic N) is 3. The topological polar surface area (TPSA) is 86.1 Å². The van der Waals surface area contributed by atoms with Gasteiger partial charge in [-0.15, -0.1) is 0 Å². The van der Waals surface area contributed by atoms with Crippen molar-refractivity contribution < 1.29 is 9.47 Å². The molecule has 0 radical (unpaired) electrons. The summed E-state index contributed by atoms with van der Waals surface area (Å²) in [5.74, 6) is 0.790. The number of hydrogen-bond acceptors (Lipinski definition) is 5. The highest BCUT2D eigenvalue weighted by Gasteiger charge is 2.37. The van der Waals surface area contributed by atoms with Crippen molar-refractivity contribution in [2.24, 2.45) is 5.73 Å². The predicted octanol–water partition coefficient (Wildman–Crippen LogP) is 4.17. The molecule has 1 aliphatic rings. The Bertz CT molecular complexity index is 1130. The Morgan fingerprint density at radius 1 is 1.25 bits per heavy atom. The molecule has 3 aromatic rings. The van der Waals surface area contributed by atoms with Crippen LogP contribution in [0.3, 0.4) is 0 Å². The summed E-state index contributed by atoms with van der Waals surface area (Å²) in [5.41, 5.74) is 9.71. The Balaban J connectivity index is 2.00. The molecule has 0 amide bonds. The lowest BCUT2D eigenvalue weighted by atomic mass is 9.83. The van der Waals surface area contributed by atoms with Gasteiger partial charge in [-0.05, 0) is 37.3 Å². The quantitative estimate of drug-likeness (QED) is 0.665. The number of aryl methyl sites for hydroxylation is 1. The maximum absolute atomic E-state index is 9.82. The maximum atomic E-state index is 9.82. The highest BCUT2D eigenvalue weighted by atomic mass is 79.9. The van der Waals surface area contributed by atoms with Crippen LogP contribution in [0.5, 0.6) is 11.6 Å². The Labute approximate surface area is 170 Å². The van der Waals surface area contributed by atoms with Crippen LogP contribution in [0, 0.1) is 18.3 Å². The van der Waals surface area contributed by atoms with Crippen LogP contribution in [0.15, 0.2) is 64.5 Å². The van der Waals surface area contributed by atoms with Crippen molar-refractivity contribution in [2.75, 3.05) is 7.11 Å². The second kappa shape index (κ2) is 7.06. The van der Waals surface area contributed by atoms with Gasteiger partial charge in [0, 0.05) is 10.0 Å². The third-order valence-corrected chi connectivity index (χ3v) is 5.23. The fourth-order valence-corrected chi connectivity index (χ4v) is 3.88. The van der Waals surface area contributed by atoms with Gasteiger partial charge in [0.25, 0.3) is 0 Å². The first-order valence-electron chi connectivity index (χ1n) is 8.61. The molecule has 0 saturated heterocycles. The van der Waals surface area contributed by atoms with Crippen molar-refractivity contribution >= 4 is 15.9 Å². The minimum Gasteiger partial charge on any atom is -0.496 e. The van der Waals surface area contributed by atoms with Crippen LogP contribution >= 0.6 is 15.9 Å². The molecule has 0 bridgehead atoms. The van der Waals surface area contributed by atoms with Gasteiger partial charge < -0.3 is 15.2 Å². The van der Waals surface area contributed by atoms with E-state index in [2.05, 4.69) is 27.1 Å². The number of ether oxygens (including phenoxy) is 2. The molecule has 0 spiro atoms. The van der Waals surface area contributed by atoms with Gasteiger partial charge in [-0.2, -0.15) is 10.4 Å². The molecule has 1 aromatic heterocycles. The third kappa shape index (κ3) is 2.83. The highest BCUT2D eigenvalue weighted by molar-refractivity contribution is 9.10. The zero-order valence-corrected chi connectivity index (χ0v) is 16.9. The second-order valence-corrected chi connectivity index (χ2v) is 7.28. The Morgan fingerprint density at radius 2 is 2.00 bits per heavy atom. The summed E-state index contributed by atoms with van der Waals surface area (Å²) in [5, 5.41) is 14.5. The van der Waals surface area contributed by atoms with E-state index in [0.29, 0.717) is 17.2 Å². The molecule has 7 heteroatoms. The Hall–Kier alpha value is -3.24. The van der Waals surface area contributed by atoms with E-state index in [9.17, 15) is 5.26 Å². The number of benzene rings is 2. The molecular formula is C21H17BrN4O2. The summed E-state index contributed by atoms with van der Waals surface area (Å²) in [6.07, 6.45) is 0. The van der Waals surface area contributed by atoms with Gasteiger partial charge in [-0.1, -0.05) is 34.1 Å². The van der Waals surface area contributed by atoms with Crippen molar-refractivity contribution in [1.82, 2.24) is 9.78 Å². The SMILES string of the molecule is COc1ccc(Br)cc1[C@@H]1C(C#N)=C(N)Oc2c1c(C)nn2-c1ccccc1. The van der Waals surface area contributed by atoms with Gasteiger partial charge in [0.1, 0.15) is 17.4 Å². The van der Waals surface area contributed by atoms with E-state index in [1.165, 1.54) is 0 Å². The number of halogens is 1. The first kappa shape index (κ1) is 18.1. The molecule has 2 aromatic carbocycles. The smallest absolute Gasteiger partial charge is 0.229 e. The fourth-order valence-electron chi connectivity index (χ4n) is 3.50. The van der Waals surface area contributed by atoms with Crippen LogP contribution in [-0.4, -0.2) is 16.9 Å². The molecule has 2 N–H and O–H groups in total. The third-order valence-electron chi connectivity index (χ3n) is 4.74. The maximum Gasteiger partial charge on any atom is 0.229 e. The number of allylic oxidation sites excluding steroid dienone is 1. The van der Waals surface area contributed by atoms with Gasteiger partial charge in [0.15, 0.2) is 0 Å². The number of fused-ring (bicyclic) bond motifs is 1. The molecule has 0 aliphatic carbocycles. The van der Waals surface area contributed by atoms with Crippen molar-refractivity contribution in [2.45, 2.75) is 12.8 Å². The van der Waals surface area contributed by atoms with Crippen LogP contribution in [0.4, 0.5) is 0 Å². The molecule has 1 aliphatic heterocycles. The molecule has 0 fully saturated rings. The molecule has 4 rings (SSSR count). The molecule has 28 heavy (non-hydrogen) atoms. The molecule has 0 unspecified atom stereocenters. The standard InChI is InChI=1S/C21H17BrN4O2/c1-12-18-19(15-10-13(22)8-9-17(15)27-2)16(11-23)20(24)28-21(18)26(25-12)14-6-4-3-5-7-14/h3-10,19H,24H2,1-2H3/t19-/m1/s1. The molecule has 0 saturated carbocycles. The summed E-state index contributed by atoms with van der Waals surface area (Å²) >= 11 is 3.51. The number of para-hydroxylation sites is 1. The van der Waals surface area contributed by atoms with E-state index in [0.717, 1.165) is 27.0 Å². The summed E-state index contributed by atoms with van der Waals surface area (Å²) < 4.78 is 14.0. The molecule has 2 heterocycles. The lowest BCUT2D eigenvalue weighted by Crippen LogP contribution is -2.22. The van der Waals surface area contributed by atoms with Crippen molar-refractivity contribution in [1.29, 1.82) is 5.26 Å². The van der Waals surface area contributed by atoms with Crippen LogP contribution in [0.25, 0.3) is 5.69 Å².